The summed E-state index contributed by atoms with van der Waals surface area (Å²) in [4.78, 5) is 24.4. The monoisotopic (exact) mass is 468 g/mol. The minimum atomic E-state index is -0.500. The summed E-state index contributed by atoms with van der Waals surface area (Å²) in [5, 5.41) is 4.02. The van der Waals surface area contributed by atoms with Crippen molar-refractivity contribution in [3.63, 3.8) is 0 Å². The van der Waals surface area contributed by atoms with E-state index in [-0.39, 0.29) is 5.91 Å². The van der Waals surface area contributed by atoms with Gasteiger partial charge >= 0.3 is 5.97 Å². The van der Waals surface area contributed by atoms with Crippen LogP contribution in [0.25, 0.3) is 0 Å². The van der Waals surface area contributed by atoms with Gasteiger partial charge in [-0.15, -0.1) is 0 Å². The lowest BCUT2D eigenvalue weighted by Crippen LogP contribution is -2.16. The number of nitrogens with zero attached hydrogens (tertiary/aromatic N) is 1. The van der Waals surface area contributed by atoms with Crippen molar-refractivity contribution in [2.24, 2.45) is 5.10 Å². The van der Waals surface area contributed by atoms with Crippen molar-refractivity contribution in [3.05, 3.63) is 53.6 Å². The van der Waals surface area contributed by atoms with E-state index in [1.807, 2.05) is 6.92 Å². The average molecular weight is 469 g/mol. The number of esters is 1. The molecule has 2 aromatic carbocycles. The molecule has 0 radical (unpaired) electrons. The van der Waals surface area contributed by atoms with Gasteiger partial charge in [0.1, 0.15) is 5.75 Å². The number of rotatable bonds is 15. The Hall–Kier alpha value is -3.35. The van der Waals surface area contributed by atoms with Crippen LogP contribution in [0, 0.1) is 0 Å². The zero-order chi connectivity index (χ0) is 24.6. The molecule has 1 amide bonds. The summed E-state index contributed by atoms with van der Waals surface area (Å²) in [5.74, 6) is 0.770. The fourth-order valence-electron chi connectivity index (χ4n) is 3.34. The molecule has 0 bridgehead atoms. The fraction of sp³-hybridized carbons (Fsp3) is 0.444. The molecule has 7 nitrogen and oxygen atoms in total. The lowest BCUT2D eigenvalue weighted by Gasteiger charge is -2.10. The lowest BCUT2D eigenvalue weighted by molar-refractivity contribution is -0.121. The maximum absolute atomic E-state index is 12.5. The smallest absolute Gasteiger partial charge is 0.343 e. The van der Waals surface area contributed by atoms with E-state index in [9.17, 15) is 9.59 Å². The molecular weight excluding hydrogens is 432 g/mol. The number of hydrogen-bond acceptors (Lipinski definition) is 6. The molecule has 7 heteroatoms. The van der Waals surface area contributed by atoms with Crippen molar-refractivity contribution in [2.75, 3.05) is 13.7 Å². The minimum Gasteiger partial charge on any atom is -0.494 e. The predicted octanol–water partition coefficient (Wildman–Crippen LogP) is 5.90. The van der Waals surface area contributed by atoms with Crippen LogP contribution < -0.4 is 19.6 Å². The van der Waals surface area contributed by atoms with Crippen LogP contribution in [0.5, 0.6) is 17.2 Å². The Balaban J connectivity index is 1.83. The highest BCUT2D eigenvalue weighted by atomic mass is 16.6. The maximum Gasteiger partial charge on any atom is 0.343 e. The molecule has 0 heterocycles. The van der Waals surface area contributed by atoms with Crippen molar-refractivity contribution >= 4 is 18.1 Å². The van der Waals surface area contributed by atoms with Gasteiger partial charge < -0.3 is 14.2 Å². The highest BCUT2D eigenvalue weighted by molar-refractivity contribution is 5.91. The van der Waals surface area contributed by atoms with Gasteiger partial charge in [0, 0.05) is 6.42 Å². The van der Waals surface area contributed by atoms with Gasteiger partial charge in [-0.2, -0.15) is 5.10 Å². The SMILES string of the molecule is CCCCCCCCCC(=O)N/N=C/c1ccc(OC(=O)c2ccc(OCC)cc2)c(OC)c1. The minimum absolute atomic E-state index is 0.0994. The zero-order valence-corrected chi connectivity index (χ0v) is 20.5. The van der Waals surface area contributed by atoms with Crippen LogP contribution in [0.3, 0.4) is 0 Å². The number of unbranched alkanes of at least 4 members (excludes halogenated alkanes) is 6. The van der Waals surface area contributed by atoms with E-state index < -0.39 is 5.97 Å². The summed E-state index contributed by atoms with van der Waals surface area (Å²) in [6.07, 6.45) is 10.1. The molecule has 0 saturated carbocycles. The van der Waals surface area contributed by atoms with Crippen LogP contribution in [0.2, 0.25) is 0 Å². The molecule has 184 valence electrons. The molecule has 0 spiro atoms. The Bertz CT molecular complexity index is 925. The van der Waals surface area contributed by atoms with E-state index in [4.69, 9.17) is 14.2 Å². The number of amides is 1. The van der Waals surface area contributed by atoms with Crippen LogP contribution in [0.4, 0.5) is 0 Å². The summed E-state index contributed by atoms with van der Waals surface area (Å²) in [6, 6.07) is 11.8. The number of nitrogens with one attached hydrogen (secondary N) is 1. The van der Waals surface area contributed by atoms with E-state index in [1.165, 1.54) is 45.4 Å². The molecule has 0 aliphatic carbocycles. The summed E-state index contributed by atoms with van der Waals surface area (Å²) in [6.45, 7) is 4.66. The van der Waals surface area contributed by atoms with Gasteiger partial charge in [-0.1, -0.05) is 45.4 Å². The summed E-state index contributed by atoms with van der Waals surface area (Å²) < 4.78 is 16.2. The number of hydrazone groups is 1. The summed E-state index contributed by atoms with van der Waals surface area (Å²) in [5.41, 5.74) is 3.66. The van der Waals surface area contributed by atoms with Gasteiger partial charge in [0.25, 0.3) is 0 Å². The Labute approximate surface area is 202 Å². The van der Waals surface area contributed by atoms with Crippen molar-refractivity contribution < 1.29 is 23.8 Å². The Morgan fingerprint density at radius 2 is 1.62 bits per heavy atom. The molecule has 0 fully saturated rings. The topological polar surface area (TPSA) is 86.2 Å². The summed E-state index contributed by atoms with van der Waals surface area (Å²) >= 11 is 0. The van der Waals surface area contributed by atoms with E-state index >= 15 is 0 Å². The molecule has 0 aliphatic heterocycles. The van der Waals surface area contributed by atoms with Gasteiger partial charge in [0.2, 0.25) is 5.91 Å². The van der Waals surface area contributed by atoms with Gasteiger partial charge in [-0.05, 0) is 61.4 Å². The van der Waals surface area contributed by atoms with Crippen LogP contribution in [0.1, 0.15) is 81.1 Å². The van der Waals surface area contributed by atoms with Crippen LogP contribution >= 0.6 is 0 Å². The maximum atomic E-state index is 12.5. The highest BCUT2D eigenvalue weighted by Crippen LogP contribution is 2.28. The van der Waals surface area contributed by atoms with Gasteiger partial charge in [-0.25, -0.2) is 10.2 Å². The second-order valence-electron chi connectivity index (χ2n) is 7.92. The first-order valence-corrected chi connectivity index (χ1v) is 12.0. The Kier molecular flexibility index (Phi) is 12.2. The first-order valence-electron chi connectivity index (χ1n) is 12.0. The largest absolute Gasteiger partial charge is 0.494 e. The second kappa shape index (κ2) is 15.5. The number of carbonyl (C=O) groups excluding carboxylic acids is 2. The average Bonchev–Trinajstić information content (AvgIpc) is 2.85. The number of methoxy groups -OCH3 is 1. The van der Waals surface area contributed by atoms with Crippen molar-refractivity contribution in [2.45, 2.75) is 65.2 Å². The van der Waals surface area contributed by atoms with Crippen LogP contribution in [0.15, 0.2) is 47.6 Å². The third-order valence-electron chi connectivity index (χ3n) is 5.20. The lowest BCUT2D eigenvalue weighted by atomic mass is 10.1. The van der Waals surface area contributed by atoms with Gasteiger partial charge in [-0.3, -0.25) is 4.79 Å². The molecule has 2 aromatic rings. The van der Waals surface area contributed by atoms with E-state index in [1.54, 1.807) is 42.5 Å². The highest BCUT2D eigenvalue weighted by Gasteiger charge is 2.13. The van der Waals surface area contributed by atoms with Crippen molar-refractivity contribution in [1.29, 1.82) is 0 Å². The molecule has 1 N–H and O–H groups in total. The Morgan fingerprint density at radius 1 is 0.912 bits per heavy atom. The van der Waals surface area contributed by atoms with Gasteiger partial charge in [0.15, 0.2) is 11.5 Å². The number of carbonyl (C=O) groups is 2. The molecule has 2 rings (SSSR count). The second-order valence-corrected chi connectivity index (χ2v) is 7.92. The molecule has 0 unspecified atom stereocenters. The van der Waals surface area contributed by atoms with Crippen molar-refractivity contribution in [1.82, 2.24) is 5.43 Å². The van der Waals surface area contributed by atoms with Gasteiger partial charge in [0.05, 0.1) is 25.5 Å². The zero-order valence-electron chi connectivity index (χ0n) is 20.5. The normalized spacial score (nSPS) is 10.8. The quantitative estimate of drug-likeness (QED) is 0.116. The van der Waals surface area contributed by atoms with E-state index in [2.05, 4.69) is 17.5 Å². The number of hydrogen-bond donors (Lipinski definition) is 1. The first-order chi connectivity index (χ1) is 16.6. The van der Waals surface area contributed by atoms with Crippen LogP contribution in [-0.2, 0) is 4.79 Å². The van der Waals surface area contributed by atoms with Crippen LogP contribution in [-0.4, -0.2) is 31.8 Å². The molecule has 0 atom stereocenters. The molecule has 0 aliphatic rings. The first kappa shape index (κ1) is 26.9. The molecule has 34 heavy (non-hydrogen) atoms. The molecule has 0 aromatic heterocycles. The third kappa shape index (κ3) is 9.65. The number of ether oxygens (including phenoxy) is 3. The fourth-order valence-corrected chi connectivity index (χ4v) is 3.34. The van der Waals surface area contributed by atoms with E-state index in [0.29, 0.717) is 41.4 Å². The number of benzene rings is 2. The standard InChI is InChI=1S/C27H36N2O5/c1-4-6-7-8-9-10-11-12-26(30)29-28-20-21-13-18-24(25(19-21)32-3)34-27(31)22-14-16-23(17-15-22)33-5-2/h13-20H,4-12H2,1-3H3,(H,29,30)/b28-20+. The van der Waals surface area contributed by atoms with E-state index in [0.717, 1.165) is 12.8 Å². The Morgan fingerprint density at radius 3 is 2.29 bits per heavy atom. The summed E-state index contributed by atoms with van der Waals surface area (Å²) in [7, 11) is 1.49. The molecule has 0 saturated heterocycles. The predicted molar refractivity (Wildman–Crippen MR) is 134 cm³/mol. The molecular formula is C27H36N2O5. The van der Waals surface area contributed by atoms with Crippen molar-refractivity contribution in [3.8, 4) is 17.2 Å². The third-order valence-corrected chi connectivity index (χ3v) is 5.20.